The first-order valence-electron chi connectivity index (χ1n) is 3.83. The number of aromatic nitrogens is 2. The van der Waals surface area contributed by atoms with Crippen molar-refractivity contribution in [3.8, 4) is 0 Å². The molecule has 1 aliphatic rings. The molecule has 11 heavy (non-hydrogen) atoms. The van der Waals surface area contributed by atoms with Gasteiger partial charge in [-0.2, -0.15) is 0 Å². The van der Waals surface area contributed by atoms with Crippen LogP contribution in [0.3, 0.4) is 0 Å². The molecule has 1 heterocycles. The van der Waals surface area contributed by atoms with E-state index >= 15 is 0 Å². The lowest BCUT2D eigenvalue weighted by molar-refractivity contribution is 0.306. The second kappa shape index (κ2) is 2.44. The van der Waals surface area contributed by atoms with Crippen LogP contribution >= 0.6 is 11.3 Å². The van der Waals surface area contributed by atoms with Crippen LogP contribution in [0.4, 0.5) is 5.13 Å². The van der Waals surface area contributed by atoms with Gasteiger partial charge in [0.25, 0.3) is 0 Å². The van der Waals surface area contributed by atoms with Crippen LogP contribution in [0.2, 0.25) is 0 Å². The summed E-state index contributed by atoms with van der Waals surface area (Å²) in [6.07, 6.45) is 3.85. The highest BCUT2D eigenvalue weighted by molar-refractivity contribution is 7.13. The Hall–Kier alpha value is -0.640. The fourth-order valence-electron chi connectivity index (χ4n) is 1.32. The Balaban J connectivity index is 2.00. The number of anilines is 1. The quantitative estimate of drug-likeness (QED) is 0.734. The Bertz CT molecular complexity index is 228. The van der Waals surface area contributed by atoms with Crippen molar-refractivity contribution in [2.45, 2.75) is 31.7 Å². The maximum Gasteiger partial charge on any atom is 0.205 e. The van der Waals surface area contributed by atoms with E-state index in [2.05, 4.69) is 22.4 Å². The van der Waals surface area contributed by atoms with E-state index < -0.39 is 0 Å². The van der Waals surface area contributed by atoms with Crippen LogP contribution in [0.25, 0.3) is 0 Å². The van der Waals surface area contributed by atoms with Gasteiger partial charge in [-0.1, -0.05) is 11.3 Å². The standard InChI is InChI=1S/C7H11N3S/c1-7(3-2-4-7)9-6-10-8-5-11-6/h5H,2-4H2,1H3,(H,9,10). The Kier molecular flexibility index (Phi) is 1.56. The average Bonchev–Trinajstić information content (AvgIpc) is 2.36. The molecule has 0 radical (unpaired) electrons. The van der Waals surface area contributed by atoms with Crippen molar-refractivity contribution in [3.05, 3.63) is 5.51 Å². The minimum Gasteiger partial charge on any atom is -0.355 e. The summed E-state index contributed by atoms with van der Waals surface area (Å²) in [5, 5.41) is 12.0. The van der Waals surface area contributed by atoms with Gasteiger partial charge in [-0.15, -0.1) is 10.2 Å². The molecule has 0 saturated heterocycles. The molecule has 1 N–H and O–H groups in total. The molecular formula is C7H11N3S. The SMILES string of the molecule is CC1(Nc2nncs2)CCC1. The second-order valence-corrected chi connectivity index (χ2v) is 4.12. The molecule has 2 rings (SSSR count). The topological polar surface area (TPSA) is 37.8 Å². The van der Waals surface area contributed by atoms with E-state index in [0.717, 1.165) is 5.13 Å². The van der Waals surface area contributed by atoms with Crippen LogP contribution in [0.5, 0.6) is 0 Å². The third kappa shape index (κ3) is 1.35. The van der Waals surface area contributed by atoms with E-state index in [1.165, 1.54) is 19.3 Å². The molecule has 1 aromatic heterocycles. The van der Waals surface area contributed by atoms with E-state index in [4.69, 9.17) is 0 Å². The summed E-state index contributed by atoms with van der Waals surface area (Å²) >= 11 is 1.57. The maximum atomic E-state index is 3.94. The number of nitrogens with zero attached hydrogens (tertiary/aromatic N) is 2. The Morgan fingerprint density at radius 1 is 1.64 bits per heavy atom. The van der Waals surface area contributed by atoms with Crippen LogP contribution in [-0.4, -0.2) is 15.7 Å². The Morgan fingerprint density at radius 3 is 2.91 bits per heavy atom. The molecule has 60 valence electrons. The van der Waals surface area contributed by atoms with Gasteiger partial charge in [0.1, 0.15) is 5.51 Å². The Labute approximate surface area is 69.8 Å². The zero-order valence-corrected chi connectivity index (χ0v) is 7.32. The van der Waals surface area contributed by atoms with Crippen LogP contribution in [0.15, 0.2) is 5.51 Å². The van der Waals surface area contributed by atoms with E-state index in [1.807, 2.05) is 0 Å². The van der Waals surface area contributed by atoms with Gasteiger partial charge < -0.3 is 5.32 Å². The number of hydrogen-bond donors (Lipinski definition) is 1. The molecule has 0 unspecified atom stereocenters. The molecule has 1 fully saturated rings. The summed E-state index contributed by atoms with van der Waals surface area (Å²) in [5.74, 6) is 0. The molecule has 1 saturated carbocycles. The third-order valence-corrected chi connectivity index (χ3v) is 2.83. The highest BCUT2D eigenvalue weighted by atomic mass is 32.1. The summed E-state index contributed by atoms with van der Waals surface area (Å²) in [6.45, 7) is 2.23. The first kappa shape index (κ1) is 7.03. The van der Waals surface area contributed by atoms with Crippen molar-refractivity contribution in [1.29, 1.82) is 0 Å². The monoisotopic (exact) mass is 169 g/mol. The van der Waals surface area contributed by atoms with Crippen LogP contribution in [0.1, 0.15) is 26.2 Å². The molecule has 0 spiro atoms. The number of hydrogen-bond acceptors (Lipinski definition) is 4. The van der Waals surface area contributed by atoms with Gasteiger partial charge in [-0.3, -0.25) is 0 Å². The van der Waals surface area contributed by atoms with Crippen molar-refractivity contribution in [2.24, 2.45) is 0 Å². The van der Waals surface area contributed by atoms with Gasteiger partial charge in [0, 0.05) is 5.54 Å². The maximum absolute atomic E-state index is 3.94. The molecule has 0 aliphatic heterocycles. The molecule has 1 aromatic rings. The predicted octanol–water partition coefficient (Wildman–Crippen LogP) is 1.89. The summed E-state index contributed by atoms with van der Waals surface area (Å²) in [5.41, 5.74) is 2.06. The minimum atomic E-state index is 0.305. The van der Waals surface area contributed by atoms with Gasteiger partial charge >= 0.3 is 0 Å². The zero-order chi connectivity index (χ0) is 7.73. The van der Waals surface area contributed by atoms with Gasteiger partial charge in [-0.05, 0) is 26.2 Å². The average molecular weight is 169 g/mol. The van der Waals surface area contributed by atoms with Crippen LogP contribution < -0.4 is 5.32 Å². The van der Waals surface area contributed by atoms with Crippen molar-refractivity contribution in [1.82, 2.24) is 10.2 Å². The normalized spacial score (nSPS) is 20.8. The van der Waals surface area contributed by atoms with Crippen LogP contribution in [0, 0.1) is 0 Å². The fourth-order valence-corrected chi connectivity index (χ4v) is 1.91. The molecule has 3 nitrogen and oxygen atoms in total. The lowest BCUT2D eigenvalue weighted by atomic mass is 9.79. The van der Waals surface area contributed by atoms with E-state index in [9.17, 15) is 0 Å². The Morgan fingerprint density at radius 2 is 2.45 bits per heavy atom. The second-order valence-electron chi connectivity index (χ2n) is 3.28. The molecule has 0 amide bonds. The van der Waals surface area contributed by atoms with Crippen LogP contribution in [-0.2, 0) is 0 Å². The number of rotatable bonds is 2. The molecule has 4 heteroatoms. The highest BCUT2D eigenvalue weighted by Gasteiger charge is 2.31. The number of nitrogens with one attached hydrogen (secondary N) is 1. The van der Waals surface area contributed by atoms with Gasteiger partial charge in [0.15, 0.2) is 0 Å². The molecule has 0 aromatic carbocycles. The van der Waals surface area contributed by atoms with Crippen molar-refractivity contribution in [3.63, 3.8) is 0 Å². The van der Waals surface area contributed by atoms with Gasteiger partial charge in [0.2, 0.25) is 5.13 Å². The van der Waals surface area contributed by atoms with Crippen molar-refractivity contribution in [2.75, 3.05) is 5.32 Å². The third-order valence-electron chi connectivity index (χ3n) is 2.23. The summed E-state index contributed by atoms with van der Waals surface area (Å²) < 4.78 is 0. The first-order chi connectivity index (χ1) is 5.29. The molecule has 1 aliphatic carbocycles. The zero-order valence-electron chi connectivity index (χ0n) is 6.50. The fraction of sp³-hybridized carbons (Fsp3) is 0.714. The van der Waals surface area contributed by atoms with Crippen molar-refractivity contribution >= 4 is 16.5 Å². The smallest absolute Gasteiger partial charge is 0.205 e. The summed E-state index contributed by atoms with van der Waals surface area (Å²) in [7, 11) is 0. The van der Waals surface area contributed by atoms with Gasteiger partial charge in [0.05, 0.1) is 0 Å². The van der Waals surface area contributed by atoms with E-state index in [-0.39, 0.29) is 0 Å². The molecule has 0 atom stereocenters. The summed E-state index contributed by atoms with van der Waals surface area (Å²) in [4.78, 5) is 0. The predicted molar refractivity (Wildman–Crippen MR) is 45.8 cm³/mol. The largest absolute Gasteiger partial charge is 0.355 e. The van der Waals surface area contributed by atoms with Gasteiger partial charge in [-0.25, -0.2) is 0 Å². The first-order valence-corrected chi connectivity index (χ1v) is 4.71. The lowest BCUT2D eigenvalue weighted by Gasteiger charge is -2.38. The van der Waals surface area contributed by atoms with E-state index in [1.54, 1.807) is 16.8 Å². The highest BCUT2D eigenvalue weighted by Crippen LogP contribution is 2.34. The molecule has 0 bridgehead atoms. The molecular weight excluding hydrogens is 158 g/mol. The lowest BCUT2D eigenvalue weighted by Crippen LogP contribution is -2.41. The van der Waals surface area contributed by atoms with E-state index in [0.29, 0.717) is 5.54 Å². The van der Waals surface area contributed by atoms with Crippen molar-refractivity contribution < 1.29 is 0 Å². The minimum absolute atomic E-state index is 0.305. The summed E-state index contributed by atoms with van der Waals surface area (Å²) in [6, 6.07) is 0.